The molecule has 24 heavy (non-hydrogen) atoms. The monoisotopic (exact) mass is 330 g/mol. The van der Waals surface area contributed by atoms with Gasteiger partial charge in [-0.25, -0.2) is 0 Å². The fourth-order valence-corrected chi connectivity index (χ4v) is 2.35. The Morgan fingerprint density at radius 1 is 1.29 bits per heavy atom. The van der Waals surface area contributed by atoms with Crippen molar-refractivity contribution >= 4 is 16.8 Å². The molecule has 0 atom stereocenters. The van der Waals surface area contributed by atoms with E-state index in [2.05, 4.69) is 20.4 Å². The third kappa shape index (κ3) is 3.03. The molecule has 2 heterocycles. The first-order valence-corrected chi connectivity index (χ1v) is 7.49. The van der Waals surface area contributed by atoms with Crippen molar-refractivity contribution in [2.45, 2.75) is 19.9 Å². The second kappa shape index (κ2) is 6.61. The molecule has 8 heteroatoms. The average molecular weight is 330 g/mol. The van der Waals surface area contributed by atoms with Crippen LogP contribution in [0.4, 0.5) is 0 Å². The van der Waals surface area contributed by atoms with Crippen molar-refractivity contribution < 1.29 is 18.8 Å². The van der Waals surface area contributed by atoms with Gasteiger partial charge in [0, 0.05) is 23.9 Å². The first kappa shape index (κ1) is 15.9. The summed E-state index contributed by atoms with van der Waals surface area (Å²) in [5.41, 5.74) is 1.17. The lowest BCUT2D eigenvalue weighted by atomic mass is 10.2. The summed E-state index contributed by atoms with van der Waals surface area (Å²) in [7, 11) is 3.15. The normalized spacial score (nSPS) is 10.8. The van der Waals surface area contributed by atoms with E-state index in [1.807, 2.05) is 6.92 Å². The van der Waals surface area contributed by atoms with E-state index in [9.17, 15) is 4.79 Å². The van der Waals surface area contributed by atoms with E-state index < -0.39 is 0 Å². The number of aromatic amines is 1. The zero-order valence-corrected chi connectivity index (χ0v) is 13.7. The van der Waals surface area contributed by atoms with E-state index in [1.165, 1.54) is 0 Å². The molecule has 8 nitrogen and oxygen atoms in total. The number of hydrogen-bond acceptors (Lipinski definition) is 6. The Morgan fingerprint density at radius 3 is 2.79 bits per heavy atom. The molecule has 2 N–H and O–H groups in total. The predicted molar refractivity (Wildman–Crippen MR) is 86.2 cm³/mol. The maximum absolute atomic E-state index is 12.3. The number of aryl methyl sites for hydroxylation is 1. The number of carbonyl (C=O) groups is 1. The molecule has 1 aromatic carbocycles. The topological polar surface area (TPSA) is 102 Å². The molecule has 0 unspecified atom stereocenters. The van der Waals surface area contributed by atoms with Gasteiger partial charge in [0.1, 0.15) is 17.2 Å². The van der Waals surface area contributed by atoms with Crippen molar-refractivity contribution in [2.24, 2.45) is 0 Å². The number of fused-ring (bicyclic) bond motifs is 1. The summed E-state index contributed by atoms with van der Waals surface area (Å²) in [6, 6.07) is 5.31. The standard InChI is InChI=1S/C16H18N4O4/c1-4-15-19-14(20-24-15)8-17-16(21)12-7-10-11(18-12)5-9(22-2)6-13(10)23-3/h5-7,18H,4,8H2,1-3H3,(H,17,21). The fraction of sp³-hybridized carbons (Fsp3) is 0.312. The van der Waals surface area contributed by atoms with Crippen LogP contribution in [0.1, 0.15) is 29.1 Å². The summed E-state index contributed by atoms with van der Waals surface area (Å²) in [5.74, 6) is 1.99. The average Bonchev–Trinajstić information content (AvgIpc) is 3.24. The number of carbonyl (C=O) groups excluding carboxylic acids is 1. The van der Waals surface area contributed by atoms with Gasteiger partial charge in [-0.3, -0.25) is 4.79 Å². The number of aromatic nitrogens is 3. The van der Waals surface area contributed by atoms with Crippen LogP contribution in [0, 0.1) is 0 Å². The van der Waals surface area contributed by atoms with E-state index in [-0.39, 0.29) is 12.5 Å². The molecule has 0 aliphatic rings. The molecule has 2 aromatic heterocycles. The highest BCUT2D eigenvalue weighted by Crippen LogP contribution is 2.31. The van der Waals surface area contributed by atoms with Gasteiger partial charge in [-0.05, 0) is 6.07 Å². The van der Waals surface area contributed by atoms with Crippen molar-refractivity contribution in [1.29, 1.82) is 0 Å². The number of amides is 1. The van der Waals surface area contributed by atoms with E-state index in [0.29, 0.717) is 35.3 Å². The van der Waals surface area contributed by atoms with Gasteiger partial charge in [0.05, 0.1) is 26.3 Å². The van der Waals surface area contributed by atoms with Crippen LogP contribution in [0.15, 0.2) is 22.7 Å². The lowest BCUT2D eigenvalue weighted by Gasteiger charge is -2.04. The Bertz CT molecular complexity index is 868. The number of nitrogens with one attached hydrogen (secondary N) is 2. The van der Waals surface area contributed by atoms with Crippen LogP contribution in [0.2, 0.25) is 0 Å². The van der Waals surface area contributed by atoms with Crippen LogP contribution in [-0.4, -0.2) is 35.3 Å². The number of methoxy groups -OCH3 is 2. The molecule has 0 saturated carbocycles. The molecule has 0 radical (unpaired) electrons. The minimum atomic E-state index is -0.268. The number of rotatable bonds is 6. The van der Waals surface area contributed by atoms with Gasteiger partial charge in [0.25, 0.3) is 5.91 Å². The van der Waals surface area contributed by atoms with Crippen LogP contribution in [0.3, 0.4) is 0 Å². The first-order valence-electron chi connectivity index (χ1n) is 7.49. The Labute approximate surface area is 138 Å². The van der Waals surface area contributed by atoms with Gasteiger partial charge in [-0.15, -0.1) is 0 Å². The van der Waals surface area contributed by atoms with Gasteiger partial charge >= 0.3 is 0 Å². The SMILES string of the molecule is CCc1nc(CNC(=O)c2cc3c(OC)cc(OC)cc3[nH]2)no1. The van der Waals surface area contributed by atoms with Crippen LogP contribution in [-0.2, 0) is 13.0 Å². The Kier molecular flexibility index (Phi) is 4.37. The summed E-state index contributed by atoms with van der Waals surface area (Å²) in [6.45, 7) is 2.11. The highest BCUT2D eigenvalue weighted by molar-refractivity contribution is 6.00. The molecule has 0 spiro atoms. The maximum atomic E-state index is 12.3. The van der Waals surface area contributed by atoms with Gasteiger partial charge in [0.2, 0.25) is 5.89 Å². The van der Waals surface area contributed by atoms with Gasteiger partial charge in [0.15, 0.2) is 5.82 Å². The Hall–Kier alpha value is -3.03. The quantitative estimate of drug-likeness (QED) is 0.717. The highest BCUT2D eigenvalue weighted by Gasteiger charge is 2.14. The number of benzene rings is 1. The zero-order chi connectivity index (χ0) is 17.1. The first-order chi connectivity index (χ1) is 11.6. The molecular formula is C16H18N4O4. The van der Waals surface area contributed by atoms with E-state index in [4.69, 9.17) is 14.0 Å². The third-order valence-corrected chi connectivity index (χ3v) is 3.59. The third-order valence-electron chi connectivity index (χ3n) is 3.59. The molecule has 0 aliphatic carbocycles. The van der Waals surface area contributed by atoms with Crippen LogP contribution < -0.4 is 14.8 Å². The lowest BCUT2D eigenvalue weighted by Crippen LogP contribution is -2.23. The van der Waals surface area contributed by atoms with Crippen molar-refractivity contribution in [3.05, 3.63) is 35.6 Å². The molecule has 1 amide bonds. The zero-order valence-electron chi connectivity index (χ0n) is 13.7. The molecule has 126 valence electrons. The molecule has 0 fully saturated rings. The van der Waals surface area contributed by atoms with E-state index in [0.717, 1.165) is 10.9 Å². The fourth-order valence-electron chi connectivity index (χ4n) is 2.35. The molecule has 3 rings (SSSR count). The largest absolute Gasteiger partial charge is 0.497 e. The minimum Gasteiger partial charge on any atom is -0.497 e. The van der Waals surface area contributed by atoms with Crippen molar-refractivity contribution in [3.8, 4) is 11.5 Å². The molecule has 0 aliphatic heterocycles. The molecular weight excluding hydrogens is 312 g/mol. The summed E-state index contributed by atoms with van der Waals surface area (Å²) in [4.78, 5) is 19.5. The molecule has 0 saturated heterocycles. The summed E-state index contributed by atoms with van der Waals surface area (Å²) < 4.78 is 15.6. The number of hydrogen-bond donors (Lipinski definition) is 2. The highest BCUT2D eigenvalue weighted by atomic mass is 16.5. The van der Waals surface area contributed by atoms with Crippen molar-refractivity contribution in [1.82, 2.24) is 20.4 Å². The maximum Gasteiger partial charge on any atom is 0.268 e. The number of ether oxygens (including phenoxy) is 2. The molecule has 0 bridgehead atoms. The van der Waals surface area contributed by atoms with Gasteiger partial charge in [-0.1, -0.05) is 12.1 Å². The van der Waals surface area contributed by atoms with Crippen molar-refractivity contribution in [3.63, 3.8) is 0 Å². The molecule has 3 aromatic rings. The Morgan fingerprint density at radius 2 is 2.12 bits per heavy atom. The second-order valence-electron chi connectivity index (χ2n) is 5.11. The summed E-state index contributed by atoms with van der Waals surface area (Å²) in [5, 5.41) is 7.35. The van der Waals surface area contributed by atoms with Gasteiger partial charge < -0.3 is 24.3 Å². The minimum absolute atomic E-state index is 0.193. The smallest absolute Gasteiger partial charge is 0.268 e. The number of nitrogens with zero attached hydrogens (tertiary/aromatic N) is 2. The Balaban J connectivity index is 1.79. The van der Waals surface area contributed by atoms with Gasteiger partial charge in [-0.2, -0.15) is 4.98 Å². The lowest BCUT2D eigenvalue weighted by molar-refractivity contribution is 0.0945. The number of H-pyrrole nitrogens is 1. The summed E-state index contributed by atoms with van der Waals surface area (Å²) in [6.07, 6.45) is 0.657. The van der Waals surface area contributed by atoms with Crippen LogP contribution in [0.5, 0.6) is 11.5 Å². The van der Waals surface area contributed by atoms with Crippen LogP contribution >= 0.6 is 0 Å². The predicted octanol–water partition coefficient (Wildman–Crippen LogP) is 2.06. The van der Waals surface area contributed by atoms with E-state index in [1.54, 1.807) is 32.4 Å². The summed E-state index contributed by atoms with van der Waals surface area (Å²) >= 11 is 0. The van der Waals surface area contributed by atoms with E-state index >= 15 is 0 Å². The second-order valence-corrected chi connectivity index (χ2v) is 5.11. The van der Waals surface area contributed by atoms with Crippen LogP contribution in [0.25, 0.3) is 10.9 Å². The van der Waals surface area contributed by atoms with Crippen molar-refractivity contribution in [2.75, 3.05) is 14.2 Å².